The lowest BCUT2D eigenvalue weighted by molar-refractivity contribution is 0.0382. The van der Waals surface area contributed by atoms with Crippen LogP contribution in [-0.4, -0.2) is 44.3 Å². The van der Waals surface area contributed by atoms with Gasteiger partial charge in [-0.2, -0.15) is 0 Å². The predicted octanol–water partition coefficient (Wildman–Crippen LogP) is 2.43. The Bertz CT molecular complexity index is 349. The number of hydrogen-bond donors (Lipinski definition) is 1. The first-order chi connectivity index (χ1) is 8.75. The van der Waals surface area contributed by atoms with Crippen LogP contribution in [0.5, 0.6) is 0 Å². The maximum Gasteiger partial charge on any atom is 0.0594 e. The zero-order valence-electron chi connectivity index (χ0n) is 10.9. The van der Waals surface area contributed by atoms with Gasteiger partial charge in [-0.05, 0) is 24.6 Å². The number of benzene rings is 1. The first-order valence-corrected chi connectivity index (χ1v) is 7.34. The molecule has 18 heavy (non-hydrogen) atoms. The molecule has 1 aromatic carbocycles. The number of halogens is 1. The van der Waals surface area contributed by atoms with Crippen molar-refractivity contribution in [1.29, 1.82) is 0 Å². The van der Waals surface area contributed by atoms with Crippen LogP contribution in [0.2, 0.25) is 0 Å². The van der Waals surface area contributed by atoms with Crippen molar-refractivity contribution in [2.45, 2.75) is 13.0 Å². The highest BCUT2D eigenvalue weighted by molar-refractivity contribution is 9.10. The molecular weight excluding hydrogens is 292 g/mol. The average Bonchev–Trinajstić information content (AvgIpc) is 2.40. The molecule has 1 fully saturated rings. The topological polar surface area (TPSA) is 24.5 Å². The van der Waals surface area contributed by atoms with Crippen LogP contribution in [0.3, 0.4) is 0 Å². The number of nitrogens with zero attached hydrogens (tertiary/aromatic N) is 1. The fraction of sp³-hybridized carbons (Fsp3) is 0.571. The van der Waals surface area contributed by atoms with Gasteiger partial charge in [0.25, 0.3) is 0 Å². The quantitative estimate of drug-likeness (QED) is 0.903. The minimum absolute atomic E-state index is 0.402. The number of rotatable bonds is 5. The molecule has 1 aliphatic heterocycles. The highest BCUT2D eigenvalue weighted by atomic mass is 79.9. The van der Waals surface area contributed by atoms with Crippen molar-refractivity contribution >= 4 is 15.9 Å². The van der Waals surface area contributed by atoms with Crippen LogP contribution in [0, 0.1) is 0 Å². The standard InChI is InChI=1S/C14H21BrN2O/c1-12(13-2-4-14(15)5-3-13)16-6-7-17-8-10-18-11-9-17/h2-5,12,16H,6-11H2,1H3/t12-/m1/s1. The van der Waals surface area contributed by atoms with Crippen molar-refractivity contribution in [2.24, 2.45) is 0 Å². The van der Waals surface area contributed by atoms with E-state index in [1.165, 1.54) is 5.56 Å². The summed E-state index contributed by atoms with van der Waals surface area (Å²) in [5.74, 6) is 0. The molecule has 3 nitrogen and oxygen atoms in total. The van der Waals surface area contributed by atoms with E-state index >= 15 is 0 Å². The molecule has 1 heterocycles. The summed E-state index contributed by atoms with van der Waals surface area (Å²) < 4.78 is 6.47. The molecule has 0 radical (unpaired) electrons. The molecular formula is C14H21BrN2O. The molecule has 1 N–H and O–H groups in total. The zero-order valence-corrected chi connectivity index (χ0v) is 12.4. The number of hydrogen-bond acceptors (Lipinski definition) is 3. The molecule has 0 bridgehead atoms. The van der Waals surface area contributed by atoms with Gasteiger partial charge in [0, 0.05) is 36.7 Å². The van der Waals surface area contributed by atoms with Crippen molar-refractivity contribution < 1.29 is 4.74 Å². The second-order valence-corrected chi connectivity index (χ2v) is 5.60. The highest BCUT2D eigenvalue weighted by Gasteiger charge is 2.10. The van der Waals surface area contributed by atoms with E-state index in [1.807, 2.05) is 0 Å². The van der Waals surface area contributed by atoms with Gasteiger partial charge in [0.15, 0.2) is 0 Å². The van der Waals surface area contributed by atoms with Gasteiger partial charge < -0.3 is 10.1 Å². The third-order valence-corrected chi connectivity index (χ3v) is 3.88. The Kier molecular flexibility index (Phi) is 5.63. The molecule has 1 saturated heterocycles. The van der Waals surface area contributed by atoms with Gasteiger partial charge in [-0.1, -0.05) is 28.1 Å². The van der Waals surface area contributed by atoms with Gasteiger partial charge in [-0.3, -0.25) is 4.90 Å². The smallest absolute Gasteiger partial charge is 0.0594 e. The largest absolute Gasteiger partial charge is 0.379 e. The summed E-state index contributed by atoms with van der Waals surface area (Å²) in [4.78, 5) is 2.45. The van der Waals surface area contributed by atoms with E-state index in [0.29, 0.717) is 6.04 Å². The third kappa shape index (κ3) is 4.35. The van der Waals surface area contributed by atoms with Gasteiger partial charge in [0.1, 0.15) is 0 Å². The Morgan fingerprint density at radius 3 is 2.61 bits per heavy atom. The van der Waals surface area contributed by atoms with E-state index in [4.69, 9.17) is 4.74 Å². The normalized spacial score (nSPS) is 18.8. The fourth-order valence-electron chi connectivity index (χ4n) is 2.13. The molecule has 1 aliphatic rings. The van der Waals surface area contributed by atoms with Crippen molar-refractivity contribution in [2.75, 3.05) is 39.4 Å². The maximum atomic E-state index is 5.34. The van der Waals surface area contributed by atoms with E-state index in [2.05, 4.69) is 57.3 Å². The van der Waals surface area contributed by atoms with Crippen LogP contribution in [-0.2, 0) is 4.74 Å². The van der Waals surface area contributed by atoms with E-state index in [-0.39, 0.29) is 0 Å². The maximum absolute atomic E-state index is 5.34. The van der Waals surface area contributed by atoms with Gasteiger partial charge in [-0.25, -0.2) is 0 Å². The molecule has 0 amide bonds. The summed E-state index contributed by atoms with van der Waals surface area (Å²) in [6.45, 7) is 8.22. The SMILES string of the molecule is C[C@@H](NCCN1CCOCC1)c1ccc(Br)cc1. The molecule has 100 valence electrons. The van der Waals surface area contributed by atoms with Crippen LogP contribution in [0.4, 0.5) is 0 Å². The Morgan fingerprint density at radius 1 is 1.28 bits per heavy atom. The monoisotopic (exact) mass is 312 g/mol. The Morgan fingerprint density at radius 2 is 1.94 bits per heavy atom. The van der Waals surface area contributed by atoms with Crippen LogP contribution in [0.1, 0.15) is 18.5 Å². The molecule has 0 aliphatic carbocycles. The highest BCUT2D eigenvalue weighted by Crippen LogP contribution is 2.16. The molecule has 0 aromatic heterocycles. The van der Waals surface area contributed by atoms with Gasteiger partial charge in [0.05, 0.1) is 13.2 Å². The number of morpholine rings is 1. The summed E-state index contributed by atoms with van der Waals surface area (Å²) in [7, 11) is 0. The number of nitrogens with one attached hydrogen (secondary N) is 1. The summed E-state index contributed by atoms with van der Waals surface area (Å²) in [5.41, 5.74) is 1.33. The van der Waals surface area contributed by atoms with Crippen molar-refractivity contribution in [3.8, 4) is 0 Å². The van der Waals surface area contributed by atoms with Gasteiger partial charge in [0.2, 0.25) is 0 Å². The Balaban J connectivity index is 1.70. The Labute approximate surface area is 118 Å². The van der Waals surface area contributed by atoms with E-state index in [9.17, 15) is 0 Å². The van der Waals surface area contributed by atoms with E-state index < -0.39 is 0 Å². The van der Waals surface area contributed by atoms with E-state index in [1.54, 1.807) is 0 Å². The molecule has 2 rings (SSSR count). The molecule has 1 atom stereocenters. The summed E-state index contributed by atoms with van der Waals surface area (Å²) in [6.07, 6.45) is 0. The van der Waals surface area contributed by atoms with Crippen LogP contribution >= 0.6 is 15.9 Å². The lowest BCUT2D eigenvalue weighted by Gasteiger charge is -2.27. The Hall–Kier alpha value is -0.420. The third-order valence-electron chi connectivity index (χ3n) is 3.35. The minimum atomic E-state index is 0.402. The lowest BCUT2D eigenvalue weighted by atomic mass is 10.1. The second-order valence-electron chi connectivity index (χ2n) is 4.68. The van der Waals surface area contributed by atoms with Crippen molar-refractivity contribution in [3.63, 3.8) is 0 Å². The van der Waals surface area contributed by atoms with Gasteiger partial charge in [-0.15, -0.1) is 0 Å². The summed E-state index contributed by atoms with van der Waals surface area (Å²) in [5, 5.41) is 3.57. The second kappa shape index (κ2) is 7.24. The summed E-state index contributed by atoms with van der Waals surface area (Å²) in [6, 6.07) is 8.91. The van der Waals surface area contributed by atoms with Crippen LogP contribution in [0.15, 0.2) is 28.7 Å². The zero-order chi connectivity index (χ0) is 12.8. The molecule has 1 aromatic rings. The van der Waals surface area contributed by atoms with Gasteiger partial charge >= 0.3 is 0 Å². The first kappa shape index (κ1) is 14.0. The van der Waals surface area contributed by atoms with Crippen molar-refractivity contribution in [3.05, 3.63) is 34.3 Å². The van der Waals surface area contributed by atoms with Crippen molar-refractivity contribution in [1.82, 2.24) is 10.2 Å². The lowest BCUT2D eigenvalue weighted by Crippen LogP contribution is -2.40. The first-order valence-electron chi connectivity index (χ1n) is 6.54. The van der Waals surface area contributed by atoms with Crippen LogP contribution in [0.25, 0.3) is 0 Å². The minimum Gasteiger partial charge on any atom is -0.379 e. The summed E-state index contributed by atoms with van der Waals surface area (Å²) >= 11 is 3.46. The van der Waals surface area contributed by atoms with Crippen LogP contribution < -0.4 is 5.32 Å². The van der Waals surface area contributed by atoms with E-state index in [0.717, 1.165) is 43.9 Å². The average molecular weight is 313 g/mol. The number of ether oxygens (including phenoxy) is 1. The molecule has 4 heteroatoms. The predicted molar refractivity (Wildman–Crippen MR) is 77.8 cm³/mol. The molecule has 0 unspecified atom stereocenters. The fourth-order valence-corrected chi connectivity index (χ4v) is 2.40. The molecule has 0 spiro atoms. The molecule has 0 saturated carbocycles.